The third kappa shape index (κ3) is 2.31. The molecule has 2 aromatic carbocycles. The monoisotopic (exact) mass is 274 g/mol. The molecule has 0 radical (unpaired) electrons. The van der Waals surface area contributed by atoms with Gasteiger partial charge < -0.3 is 5.84 Å². The molecule has 0 aliphatic carbocycles. The van der Waals surface area contributed by atoms with Gasteiger partial charge in [0.15, 0.2) is 0 Å². The van der Waals surface area contributed by atoms with Crippen LogP contribution in [0.15, 0.2) is 64.2 Å². The number of hydrazone groups is 1. The summed E-state index contributed by atoms with van der Waals surface area (Å²) in [6.45, 7) is 0. The Morgan fingerprint density at radius 2 is 1.44 bits per heavy atom. The maximum absolute atomic E-state index is 5.45. The predicted octanol–water partition coefficient (Wildman–Crippen LogP) is 3.16. The van der Waals surface area contributed by atoms with Crippen LogP contribution in [0.3, 0.4) is 0 Å². The van der Waals surface area contributed by atoms with E-state index in [1.807, 2.05) is 54.6 Å². The van der Waals surface area contributed by atoms with Gasteiger partial charge in [-0.05, 0) is 12.1 Å². The first-order valence-corrected chi connectivity index (χ1v) is 5.70. The fourth-order valence-corrected chi connectivity index (χ4v) is 1.78. The number of nitrogens with zero attached hydrogens (tertiary/aromatic N) is 1. The van der Waals surface area contributed by atoms with Crippen molar-refractivity contribution in [3.05, 3.63) is 70.2 Å². The maximum atomic E-state index is 5.45. The first-order valence-electron chi connectivity index (χ1n) is 4.90. The lowest BCUT2D eigenvalue weighted by Crippen LogP contribution is -2.05. The van der Waals surface area contributed by atoms with Gasteiger partial charge in [-0.2, -0.15) is 5.10 Å². The van der Waals surface area contributed by atoms with Gasteiger partial charge in [0, 0.05) is 15.6 Å². The second-order valence-electron chi connectivity index (χ2n) is 3.35. The molecular weight excluding hydrogens is 264 g/mol. The molecule has 0 bridgehead atoms. The minimum absolute atomic E-state index is 0.799. The van der Waals surface area contributed by atoms with Crippen molar-refractivity contribution in [2.45, 2.75) is 0 Å². The standard InChI is InChI=1S/C13H11BrN2/c14-12-8-6-11(7-9-12)13(16-15)10-4-2-1-3-5-10/h1-9H,15H2/b16-13-. The number of nitrogens with two attached hydrogens (primary N) is 1. The number of rotatable bonds is 2. The van der Waals surface area contributed by atoms with Crippen LogP contribution in [0.5, 0.6) is 0 Å². The maximum Gasteiger partial charge on any atom is 0.0971 e. The Balaban J connectivity index is 2.42. The quantitative estimate of drug-likeness (QED) is 0.510. The summed E-state index contributed by atoms with van der Waals surface area (Å²) in [5.74, 6) is 5.45. The molecule has 0 aromatic heterocycles. The molecule has 80 valence electrons. The summed E-state index contributed by atoms with van der Waals surface area (Å²) in [7, 11) is 0. The van der Waals surface area contributed by atoms with Crippen LogP contribution in [0.1, 0.15) is 11.1 Å². The predicted molar refractivity (Wildman–Crippen MR) is 70.4 cm³/mol. The van der Waals surface area contributed by atoms with E-state index in [1.54, 1.807) is 0 Å². The van der Waals surface area contributed by atoms with Gasteiger partial charge in [0.1, 0.15) is 0 Å². The number of halogens is 1. The highest BCUT2D eigenvalue weighted by molar-refractivity contribution is 9.10. The van der Waals surface area contributed by atoms with E-state index in [1.165, 1.54) is 0 Å². The molecule has 0 aliphatic heterocycles. The topological polar surface area (TPSA) is 38.4 Å². The van der Waals surface area contributed by atoms with E-state index < -0.39 is 0 Å². The lowest BCUT2D eigenvalue weighted by atomic mass is 10.0. The number of benzene rings is 2. The Morgan fingerprint density at radius 3 is 2.00 bits per heavy atom. The minimum Gasteiger partial charge on any atom is -0.323 e. The van der Waals surface area contributed by atoms with Crippen LogP contribution in [0.2, 0.25) is 0 Å². The lowest BCUT2D eigenvalue weighted by Gasteiger charge is -2.05. The molecule has 0 heterocycles. The van der Waals surface area contributed by atoms with Gasteiger partial charge in [-0.25, -0.2) is 0 Å². The van der Waals surface area contributed by atoms with Crippen molar-refractivity contribution in [1.29, 1.82) is 0 Å². The van der Waals surface area contributed by atoms with Crippen LogP contribution in [0.25, 0.3) is 0 Å². The van der Waals surface area contributed by atoms with E-state index in [0.717, 1.165) is 21.3 Å². The van der Waals surface area contributed by atoms with Crippen LogP contribution < -0.4 is 5.84 Å². The molecule has 0 unspecified atom stereocenters. The average molecular weight is 275 g/mol. The molecule has 0 saturated heterocycles. The van der Waals surface area contributed by atoms with Crippen LogP contribution in [-0.4, -0.2) is 5.71 Å². The van der Waals surface area contributed by atoms with Gasteiger partial charge in [0.05, 0.1) is 5.71 Å². The zero-order valence-electron chi connectivity index (χ0n) is 8.60. The molecule has 2 N–H and O–H groups in total. The van der Waals surface area contributed by atoms with E-state index in [-0.39, 0.29) is 0 Å². The Morgan fingerprint density at radius 1 is 0.875 bits per heavy atom. The highest BCUT2D eigenvalue weighted by Crippen LogP contribution is 2.14. The molecule has 0 saturated carbocycles. The van der Waals surface area contributed by atoms with Crippen molar-refractivity contribution in [2.24, 2.45) is 10.9 Å². The summed E-state index contributed by atoms with van der Waals surface area (Å²) < 4.78 is 1.04. The normalized spacial score (nSPS) is 11.4. The molecule has 0 aliphatic rings. The van der Waals surface area contributed by atoms with Crippen LogP contribution in [-0.2, 0) is 0 Å². The van der Waals surface area contributed by atoms with Crippen molar-refractivity contribution < 1.29 is 0 Å². The Kier molecular flexibility index (Phi) is 3.37. The molecule has 2 rings (SSSR count). The second-order valence-corrected chi connectivity index (χ2v) is 4.27. The fourth-order valence-electron chi connectivity index (χ4n) is 1.52. The van der Waals surface area contributed by atoms with Gasteiger partial charge in [0.2, 0.25) is 0 Å². The van der Waals surface area contributed by atoms with Crippen molar-refractivity contribution in [3.63, 3.8) is 0 Å². The van der Waals surface area contributed by atoms with Crippen molar-refractivity contribution >= 4 is 21.6 Å². The van der Waals surface area contributed by atoms with Crippen LogP contribution in [0.4, 0.5) is 0 Å². The molecule has 3 heteroatoms. The summed E-state index contributed by atoms with van der Waals surface area (Å²) in [6, 6.07) is 17.8. The molecular formula is C13H11BrN2. The van der Waals surface area contributed by atoms with E-state index in [2.05, 4.69) is 21.0 Å². The number of hydrogen-bond donors (Lipinski definition) is 1. The zero-order valence-corrected chi connectivity index (χ0v) is 10.2. The van der Waals surface area contributed by atoms with E-state index in [4.69, 9.17) is 5.84 Å². The van der Waals surface area contributed by atoms with Crippen molar-refractivity contribution in [3.8, 4) is 0 Å². The van der Waals surface area contributed by atoms with Gasteiger partial charge in [-0.3, -0.25) is 0 Å². The van der Waals surface area contributed by atoms with Crippen LogP contribution in [0, 0.1) is 0 Å². The minimum atomic E-state index is 0.799. The summed E-state index contributed by atoms with van der Waals surface area (Å²) in [5.41, 5.74) is 2.83. The highest BCUT2D eigenvalue weighted by Gasteiger charge is 2.05. The molecule has 16 heavy (non-hydrogen) atoms. The fraction of sp³-hybridized carbons (Fsp3) is 0. The Labute approximate surface area is 103 Å². The Bertz CT molecular complexity index is 489. The largest absolute Gasteiger partial charge is 0.323 e. The van der Waals surface area contributed by atoms with E-state index in [0.29, 0.717) is 0 Å². The smallest absolute Gasteiger partial charge is 0.0971 e. The average Bonchev–Trinajstić information content (AvgIpc) is 2.34. The van der Waals surface area contributed by atoms with Gasteiger partial charge >= 0.3 is 0 Å². The first-order chi connectivity index (χ1) is 7.81. The van der Waals surface area contributed by atoms with E-state index >= 15 is 0 Å². The Hall–Kier alpha value is -1.61. The lowest BCUT2D eigenvalue weighted by molar-refractivity contribution is 1.24. The van der Waals surface area contributed by atoms with Crippen molar-refractivity contribution in [1.82, 2.24) is 0 Å². The van der Waals surface area contributed by atoms with Crippen LogP contribution >= 0.6 is 15.9 Å². The third-order valence-corrected chi connectivity index (χ3v) is 2.82. The highest BCUT2D eigenvalue weighted by atomic mass is 79.9. The van der Waals surface area contributed by atoms with E-state index in [9.17, 15) is 0 Å². The SMILES string of the molecule is N/N=C(/c1ccccc1)c1ccc(Br)cc1. The summed E-state index contributed by atoms with van der Waals surface area (Å²) in [6.07, 6.45) is 0. The molecule has 0 atom stereocenters. The summed E-state index contributed by atoms with van der Waals surface area (Å²) in [5, 5.41) is 3.86. The molecule has 2 nitrogen and oxygen atoms in total. The first kappa shape index (κ1) is 10.9. The van der Waals surface area contributed by atoms with Crippen molar-refractivity contribution in [2.75, 3.05) is 0 Å². The third-order valence-electron chi connectivity index (χ3n) is 2.29. The number of hydrogen-bond acceptors (Lipinski definition) is 2. The van der Waals surface area contributed by atoms with Gasteiger partial charge in [-0.15, -0.1) is 0 Å². The summed E-state index contributed by atoms with van der Waals surface area (Å²) in [4.78, 5) is 0. The zero-order chi connectivity index (χ0) is 11.4. The molecule has 0 spiro atoms. The van der Waals surface area contributed by atoms with Gasteiger partial charge in [-0.1, -0.05) is 58.4 Å². The van der Waals surface area contributed by atoms with Gasteiger partial charge in [0.25, 0.3) is 0 Å². The summed E-state index contributed by atoms with van der Waals surface area (Å²) >= 11 is 3.40. The molecule has 0 fully saturated rings. The molecule has 0 amide bonds. The molecule has 2 aromatic rings. The second kappa shape index (κ2) is 4.94.